The zero-order chi connectivity index (χ0) is 18.8. The van der Waals surface area contributed by atoms with Crippen molar-refractivity contribution in [2.45, 2.75) is 57.1 Å². The largest absolute Gasteiger partial charge is 0.462 e. The highest BCUT2D eigenvalue weighted by molar-refractivity contribution is 5.78. The number of aliphatic hydroxyl groups excluding tert-OH is 2. The van der Waals surface area contributed by atoms with Crippen LogP contribution in [0.1, 0.15) is 33.1 Å². The Labute approximate surface area is 143 Å². The van der Waals surface area contributed by atoms with Gasteiger partial charge in [0.2, 0.25) is 0 Å². The van der Waals surface area contributed by atoms with Crippen LogP contribution in [0.25, 0.3) is 0 Å². The molecule has 1 aliphatic heterocycles. The Hall–Kier alpha value is -2.04. The summed E-state index contributed by atoms with van der Waals surface area (Å²) in [5, 5.41) is 20.4. The van der Waals surface area contributed by atoms with Crippen LogP contribution in [-0.4, -0.2) is 50.7 Å². The molecule has 1 fully saturated rings. The van der Waals surface area contributed by atoms with Crippen molar-refractivity contribution in [1.82, 2.24) is 9.55 Å². The SMILES string of the molecule is CCCCCOC(=O)[C@@]1(n2cc(F)c(N)nc2=O)O[C@H](C)[C@@H](O)[C@H]1O. The summed E-state index contributed by atoms with van der Waals surface area (Å²) >= 11 is 0. The predicted molar refractivity (Wildman–Crippen MR) is 83.9 cm³/mol. The molecule has 1 aliphatic rings. The molecule has 0 aliphatic carbocycles. The van der Waals surface area contributed by atoms with E-state index >= 15 is 0 Å². The molecule has 2 rings (SSSR count). The molecule has 0 saturated carbocycles. The van der Waals surface area contributed by atoms with Gasteiger partial charge in [-0.25, -0.2) is 14.0 Å². The number of esters is 1. The molecule has 25 heavy (non-hydrogen) atoms. The number of anilines is 1. The third kappa shape index (κ3) is 3.37. The van der Waals surface area contributed by atoms with E-state index in [-0.39, 0.29) is 6.61 Å². The van der Waals surface area contributed by atoms with Crippen molar-refractivity contribution in [2.24, 2.45) is 0 Å². The van der Waals surface area contributed by atoms with Gasteiger partial charge in [0.25, 0.3) is 5.72 Å². The number of ether oxygens (including phenoxy) is 2. The molecular formula is C15H22FN3O6. The van der Waals surface area contributed by atoms with Gasteiger partial charge in [-0.05, 0) is 13.3 Å². The molecular weight excluding hydrogens is 337 g/mol. The van der Waals surface area contributed by atoms with Crippen LogP contribution in [0.15, 0.2) is 11.0 Å². The summed E-state index contributed by atoms with van der Waals surface area (Å²) in [6.45, 7) is 3.38. The van der Waals surface area contributed by atoms with Crippen molar-refractivity contribution in [1.29, 1.82) is 0 Å². The van der Waals surface area contributed by atoms with Gasteiger partial charge in [-0.3, -0.25) is 4.57 Å². The second-order valence-electron chi connectivity index (χ2n) is 5.92. The first-order valence-corrected chi connectivity index (χ1v) is 8.02. The van der Waals surface area contributed by atoms with Gasteiger partial charge in [-0.1, -0.05) is 19.8 Å². The van der Waals surface area contributed by atoms with Gasteiger partial charge in [0.15, 0.2) is 11.6 Å². The van der Waals surface area contributed by atoms with Crippen LogP contribution < -0.4 is 11.4 Å². The highest BCUT2D eigenvalue weighted by Gasteiger charge is 2.61. The molecule has 2 heterocycles. The lowest BCUT2D eigenvalue weighted by atomic mass is 10.0. The van der Waals surface area contributed by atoms with E-state index in [9.17, 15) is 24.2 Å². The topological polar surface area (TPSA) is 137 Å². The Kier molecular flexibility index (Phi) is 5.76. The van der Waals surface area contributed by atoms with Gasteiger partial charge < -0.3 is 25.4 Å². The van der Waals surface area contributed by atoms with Gasteiger partial charge in [-0.2, -0.15) is 4.98 Å². The Morgan fingerprint density at radius 2 is 2.20 bits per heavy atom. The summed E-state index contributed by atoms with van der Waals surface area (Å²) in [6, 6.07) is 0. The molecule has 1 aromatic rings. The van der Waals surface area contributed by atoms with E-state index in [1.807, 2.05) is 6.92 Å². The number of hydrogen-bond acceptors (Lipinski definition) is 8. The van der Waals surface area contributed by atoms with Crippen LogP contribution in [0, 0.1) is 5.82 Å². The molecule has 9 nitrogen and oxygen atoms in total. The molecule has 0 spiro atoms. The van der Waals surface area contributed by atoms with Crippen LogP contribution in [0.4, 0.5) is 10.2 Å². The zero-order valence-corrected chi connectivity index (χ0v) is 14.0. The number of halogens is 1. The minimum Gasteiger partial charge on any atom is -0.462 e. The summed E-state index contributed by atoms with van der Waals surface area (Å²) < 4.78 is 24.8. The number of unbranched alkanes of at least 4 members (excludes halogenated alkanes) is 2. The smallest absolute Gasteiger partial charge is 0.363 e. The Bertz CT molecular complexity index is 696. The molecule has 0 unspecified atom stereocenters. The summed E-state index contributed by atoms with van der Waals surface area (Å²) in [6.07, 6.45) is -1.49. The number of rotatable bonds is 6. The first kappa shape index (κ1) is 19.3. The minimum atomic E-state index is -2.44. The van der Waals surface area contributed by atoms with Crippen molar-refractivity contribution in [3.63, 3.8) is 0 Å². The van der Waals surface area contributed by atoms with E-state index in [0.717, 1.165) is 12.8 Å². The monoisotopic (exact) mass is 359 g/mol. The summed E-state index contributed by atoms with van der Waals surface area (Å²) in [7, 11) is 0. The van der Waals surface area contributed by atoms with E-state index < -0.39 is 47.3 Å². The third-order valence-electron chi connectivity index (χ3n) is 4.11. The minimum absolute atomic E-state index is 0.0224. The number of aromatic nitrogens is 2. The van der Waals surface area contributed by atoms with Gasteiger partial charge in [0.1, 0.15) is 12.2 Å². The molecule has 4 N–H and O–H groups in total. The fraction of sp³-hybridized carbons (Fsp3) is 0.667. The highest BCUT2D eigenvalue weighted by Crippen LogP contribution is 2.36. The average molecular weight is 359 g/mol. The van der Waals surface area contributed by atoms with Crippen molar-refractivity contribution in [3.8, 4) is 0 Å². The molecule has 0 aromatic carbocycles. The number of hydrogen-bond donors (Lipinski definition) is 3. The number of carbonyl (C=O) groups is 1. The van der Waals surface area contributed by atoms with E-state index in [1.54, 1.807) is 0 Å². The van der Waals surface area contributed by atoms with Gasteiger partial charge in [-0.15, -0.1) is 0 Å². The summed E-state index contributed by atoms with van der Waals surface area (Å²) in [5.41, 5.74) is 1.68. The number of carbonyl (C=O) groups excluding carboxylic acids is 1. The zero-order valence-electron chi connectivity index (χ0n) is 14.0. The number of aliphatic hydroxyl groups is 2. The number of nitrogens with two attached hydrogens (primary N) is 1. The van der Waals surface area contributed by atoms with Crippen LogP contribution >= 0.6 is 0 Å². The highest BCUT2D eigenvalue weighted by atomic mass is 19.1. The average Bonchev–Trinajstić information content (AvgIpc) is 2.80. The fourth-order valence-electron chi connectivity index (χ4n) is 2.68. The molecule has 4 atom stereocenters. The first-order valence-electron chi connectivity index (χ1n) is 8.02. The van der Waals surface area contributed by atoms with Gasteiger partial charge >= 0.3 is 11.7 Å². The van der Waals surface area contributed by atoms with Gasteiger partial charge in [0.05, 0.1) is 18.9 Å². The Morgan fingerprint density at radius 3 is 2.76 bits per heavy atom. The lowest BCUT2D eigenvalue weighted by molar-refractivity contribution is -0.200. The third-order valence-corrected chi connectivity index (χ3v) is 4.11. The molecule has 0 radical (unpaired) electrons. The van der Waals surface area contributed by atoms with Crippen molar-refractivity contribution in [3.05, 3.63) is 22.5 Å². The Morgan fingerprint density at radius 1 is 1.52 bits per heavy atom. The maximum Gasteiger partial charge on any atom is 0.363 e. The fourth-order valence-corrected chi connectivity index (χ4v) is 2.68. The quantitative estimate of drug-likeness (QED) is 0.456. The summed E-state index contributed by atoms with van der Waals surface area (Å²) in [5.74, 6) is -2.86. The molecule has 0 amide bonds. The van der Waals surface area contributed by atoms with Crippen molar-refractivity contribution < 1.29 is 28.9 Å². The first-order chi connectivity index (χ1) is 11.8. The number of nitrogen functional groups attached to an aromatic ring is 1. The van der Waals surface area contributed by atoms with Crippen LogP contribution in [-0.2, 0) is 20.0 Å². The van der Waals surface area contributed by atoms with Crippen molar-refractivity contribution >= 4 is 11.8 Å². The van der Waals surface area contributed by atoms with Crippen LogP contribution in [0.5, 0.6) is 0 Å². The molecule has 140 valence electrons. The Balaban J connectivity index is 2.46. The van der Waals surface area contributed by atoms with E-state index in [0.29, 0.717) is 17.2 Å². The lowest BCUT2D eigenvalue weighted by Gasteiger charge is -2.31. The predicted octanol–water partition coefficient (Wildman–Crippen LogP) is -0.509. The standard InChI is InChI=1S/C15H22FN3O6/c1-3-4-5-6-24-13(22)15(11(21)10(20)8(2)25-15)19-7-9(16)12(17)18-14(19)23/h7-8,10-11,20-21H,3-6H2,1-2H3,(H2,17,18,23)/t8-,10-,11-,15+/m1/s1. The normalized spacial score (nSPS) is 28.9. The van der Waals surface area contributed by atoms with Crippen LogP contribution in [0.2, 0.25) is 0 Å². The number of nitrogens with zero attached hydrogens (tertiary/aromatic N) is 2. The maximum absolute atomic E-state index is 13.8. The summed E-state index contributed by atoms with van der Waals surface area (Å²) in [4.78, 5) is 28.0. The molecule has 1 aromatic heterocycles. The van der Waals surface area contributed by atoms with E-state index in [2.05, 4.69) is 4.98 Å². The van der Waals surface area contributed by atoms with Crippen molar-refractivity contribution in [2.75, 3.05) is 12.3 Å². The lowest BCUT2D eigenvalue weighted by Crippen LogP contribution is -2.56. The second kappa shape index (κ2) is 7.46. The second-order valence-corrected chi connectivity index (χ2v) is 5.92. The van der Waals surface area contributed by atoms with E-state index in [1.165, 1.54) is 6.92 Å². The van der Waals surface area contributed by atoms with Gasteiger partial charge in [0, 0.05) is 0 Å². The molecule has 0 bridgehead atoms. The molecule has 1 saturated heterocycles. The van der Waals surface area contributed by atoms with E-state index in [4.69, 9.17) is 15.2 Å². The van der Waals surface area contributed by atoms with Crippen LogP contribution in [0.3, 0.4) is 0 Å². The molecule has 10 heteroatoms. The maximum atomic E-state index is 13.8.